The molecule has 0 radical (unpaired) electrons. The van der Waals surface area contributed by atoms with Crippen molar-refractivity contribution in [2.45, 2.75) is 24.7 Å². The molecule has 0 atom stereocenters. The normalized spacial score (nSPS) is 16.5. The van der Waals surface area contributed by atoms with E-state index in [1.165, 1.54) is 0 Å². The molecule has 0 saturated carbocycles. The first-order valence-electron chi connectivity index (χ1n) is 9.16. The van der Waals surface area contributed by atoms with E-state index in [9.17, 15) is 8.42 Å². The molecule has 2 heterocycles. The lowest BCUT2D eigenvalue weighted by atomic mass is 10.0. The smallest absolute Gasteiger partial charge is 0.243 e. The van der Waals surface area contributed by atoms with Crippen LogP contribution < -0.4 is 0 Å². The predicted molar refractivity (Wildman–Crippen MR) is 105 cm³/mol. The van der Waals surface area contributed by atoms with Gasteiger partial charge in [0.2, 0.25) is 15.9 Å². The summed E-state index contributed by atoms with van der Waals surface area (Å²) in [4.78, 5) is 4.64. The van der Waals surface area contributed by atoms with Crippen LogP contribution in [0, 0.1) is 5.92 Å². The quantitative estimate of drug-likeness (QED) is 0.670. The van der Waals surface area contributed by atoms with Crippen LogP contribution in [-0.2, 0) is 10.0 Å². The zero-order valence-corrected chi connectivity index (χ0v) is 16.0. The van der Waals surface area contributed by atoms with Crippen LogP contribution in [0.4, 0.5) is 0 Å². The molecule has 1 aliphatic rings. The second-order valence-electron chi connectivity index (χ2n) is 7.01. The first kappa shape index (κ1) is 17.9. The van der Waals surface area contributed by atoms with Crippen LogP contribution in [0.2, 0.25) is 0 Å². The fourth-order valence-electron chi connectivity index (χ4n) is 3.29. The zero-order valence-electron chi connectivity index (χ0n) is 15.2. The van der Waals surface area contributed by atoms with Crippen molar-refractivity contribution in [2.24, 2.45) is 5.92 Å². The predicted octanol–water partition coefficient (Wildman–Crippen LogP) is 4.43. The van der Waals surface area contributed by atoms with Gasteiger partial charge in [0, 0.05) is 24.2 Å². The van der Waals surface area contributed by atoms with E-state index >= 15 is 0 Å². The molecule has 1 fully saturated rings. The lowest BCUT2D eigenvalue weighted by Gasteiger charge is -2.29. The number of piperidine rings is 1. The second-order valence-corrected chi connectivity index (χ2v) is 8.94. The summed E-state index contributed by atoms with van der Waals surface area (Å²) in [5, 5.41) is 0. The van der Waals surface area contributed by atoms with Crippen molar-refractivity contribution in [1.29, 1.82) is 0 Å². The van der Waals surface area contributed by atoms with Gasteiger partial charge in [-0.3, -0.25) is 0 Å². The van der Waals surface area contributed by atoms with Crippen molar-refractivity contribution in [3.05, 3.63) is 60.8 Å². The standard InChI is InChI=1S/C21H22N2O3S/c1-16-11-13-23(14-12-16)27(24,25)19-9-7-18(8-10-19)21-22-15-20(26-21)17-5-3-2-4-6-17/h2-10,15-16H,11-14H2,1H3. The molecule has 4 rings (SSSR count). The fraction of sp³-hybridized carbons (Fsp3) is 0.286. The first-order valence-corrected chi connectivity index (χ1v) is 10.6. The molecule has 0 aliphatic carbocycles. The van der Waals surface area contributed by atoms with Gasteiger partial charge in [0.25, 0.3) is 0 Å². The van der Waals surface area contributed by atoms with Crippen molar-refractivity contribution >= 4 is 10.0 Å². The highest BCUT2D eigenvalue weighted by molar-refractivity contribution is 7.89. The Labute approximate surface area is 159 Å². The Morgan fingerprint density at radius 1 is 0.963 bits per heavy atom. The maximum absolute atomic E-state index is 12.8. The van der Waals surface area contributed by atoms with Gasteiger partial charge < -0.3 is 4.42 Å². The van der Waals surface area contributed by atoms with Gasteiger partial charge in [-0.05, 0) is 43.0 Å². The summed E-state index contributed by atoms with van der Waals surface area (Å²) in [5.41, 5.74) is 1.71. The van der Waals surface area contributed by atoms with E-state index in [2.05, 4.69) is 11.9 Å². The Kier molecular flexibility index (Phi) is 4.85. The van der Waals surface area contributed by atoms with Crippen molar-refractivity contribution in [3.8, 4) is 22.8 Å². The Hall–Kier alpha value is -2.44. The highest BCUT2D eigenvalue weighted by atomic mass is 32.2. The summed E-state index contributed by atoms with van der Waals surface area (Å²) in [6.07, 6.45) is 3.51. The molecule has 0 spiro atoms. The van der Waals surface area contributed by atoms with Gasteiger partial charge in [-0.15, -0.1) is 0 Å². The maximum atomic E-state index is 12.8. The summed E-state index contributed by atoms with van der Waals surface area (Å²) >= 11 is 0. The number of oxazole rings is 1. The van der Waals surface area contributed by atoms with Crippen molar-refractivity contribution < 1.29 is 12.8 Å². The highest BCUT2D eigenvalue weighted by Gasteiger charge is 2.28. The summed E-state index contributed by atoms with van der Waals surface area (Å²) < 4.78 is 33.1. The molecular formula is C21H22N2O3S. The van der Waals surface area contributed by atoms with Gasteiger partial charge in [-0.1, -0.05) is 37.3 Å². The summed E-state index contributed by atoms with van der Waals surface area (Å²) in [7, 11) is -3.44. The lowest BCUT2D eigenvalue weighted by molar-refractivity contribution is 0.288. The van der Waals surface area contributed by atoms with Crippen LogP contribution in [0.15, 0.2) is 70.1 Å². The summed E-state index contributed by atoms with van der Waals surface area (Å²) in [6, 6.07) is 16.5. The molecule has 1 aliphatic heterocycles. The molecular weight excluding hydrogens is 360 g/mol. The van der Waals surface area contributed by atoms with Gasteiger partial charge >= 0.3 is 0 Å². The number of hydrogen-bond donors (Lipinski definition) is 0. The molecule has 3 aromatic rings. The fourth-order valence-corrected chi connectivity index (χ4v) is 4.76. The molecule has 6 heteroatoms. The Balaban J connectivity index is 1.55. The van der Waals surface area contributed by atoms with Crippen LogP contribution in [0.5, 0.6) is 0 Å². The van der Waals surface area contributed by atoms with E-state index in [1.807, 2.05) is 30.3 Å². The number of benzene rings is 2. The SMILES string of the molecule is CC1CCN(S(=O)(=O)c2ccc(-c3ncc(-c4ccccc4)o3)cc2)CC1. The minimum atomic E-state index is -3.44. The van der Waals surface area contributed by atoms with Gasteiger partial charge in [0.1, 0.15) is 0 Å². The molecule has 27 heavy (non-hydrogen) atoms. The number of aromatic nitrogens is 1. The molecule has 2 aromatic carbocycles. The van der Waals surface area contributed by atoms with Crippen LogP contribution in [0.25, 0.3) is 22.8 Å². The maximum Gasteiger partial charge on any atom is 0.243 e. The topological polar surface area (TPSA) is 63.4 Å². The number of sulfonamides is 1. The lowest BCUT2D eigenvalue weighted by Crippen LogP contribution is -2.37. The largest absolute Gasteiger partial charge is 0.436 e. The molecule has 5 nitrogen and oxygen atoms in total. The molecule has 0 N–H and O–H groups in total. The average Bonchev–Trinajstić information content (AvgIpc) is 3.19. The van der Waals surface area contributed by atoms with Crippen molar-refractivity contribution in [3.63, 3.8) is 0 Å². The minimum Gasteiger partial charge on any atom is -0.436 e. The third-order valence-electron chi connectivity index (χ3n) is 5.05. The average molecular weight is 382 g/mol. The van der Waals surface area contributed by atoms with Crippen LogP contribution >= 0.6 is 0 Å². The highest BCUT2D eigenvalue weighted by Crippen LogP contribution is 2.28. The molecule has 0 unspecified atom stereocenters. The first-order chi connectivity index (χ1) is 13.0. The third-order valence-corrected chi connectivity index (χ3v) is 6.96. The summed E-state index contributed by atoms with van der Waals surface area (Å²) in [5.74, 6) is 1.75. The molecule has 0 bridgehead atoms. The van der Waals surface area contributed by atoms with E-state index < -0.39 is 10.0 Å². The van der Waals surface area contributed by atoms with E-state index in [0.29, 0.717) is 35.6 Å². The van der Waals surface area contributed by atoms with E-state index in [1.54, 1.807) is 34.8 Å². The Bertz CT molecular complexity index is 1000. The molecule has 140 valence electrons. The Morgan fingerprint density at radius 2 is 1.63 bits per heavy atom. The number of hydrogen-bond acceptors (Lipinski definition) is 4. The van der Waals surface area contributed by atoms with Gasteiger partial charge in [0.05, 0.1) is 11.1 Å². The third kappa shape index (κ3) is 3.68. The van der Waals surface area contributed by atoms with Gasteiger partial charge in [0.15, 0.2) is 5.76 Å². The Morgan fingerprint density at radius 3 is 2.30 bits per heavy atom. The molecule has 0 amide bonds. The monoisotopic (exact) mass is 382 g/mol. The van der Waals surface area contributed by atoms with E-state index in [-0.39, 0.29) is 0 Å². The van der Waals surface area contributed by atoms with E-state index in [4.69, 9.17) is 4.42 Å². The molecule has 1 aromatic heterocycles. The minimum absolute atomic E-state index is 0.315. The number of nitrogens with zero attached hydrogens (tertiary/aromatic N) is 2. The second kappa shape index (κ2) is 7.29. The van der Waals surface area contributed by atoms with Crippen molar-refractivity contribution in [2.75, 3.05) is 13.1 Å². The zero-order chi connectivity index (χ0) is 18.9. The van der Waals surface area contributed by atoms with Crippen LogP contribution in [-0.4, -0.2) is 30.8 Å². The van der Waals surface area contributed by atoms with E-state index in [0.717, 1.165) is 24.0 Å². The van der Waals surface area contributed by atoms with Crippen molar-refractivity contribution in [1.82, 2.24) is 9.29 Å². The van der Waals surface area contributed by atoms with Gasteiger partial charge in [-0.2, -0.15) is 4.31 Å². The summed E-state index contributed by atoms with van der Waals surface area (Å²) in [6.45, 7) is 3.34. The molecule has 1 saturated heterocycles. The van der Waals surface area contributed by atoms with Crippen LogP contribution in [0.3, 0.4) is 0 Å². The van der Waals surface area contributed by atoms with Gasteiger partial charge in [-0.25, -0.2) is 13.4 Å². The van der Waals surface area contributed by atoms with Crippen LogP contribution in [0.1, 0.15) is 19.8 Å². The number of rotatable bonds is 4.